The van der Waals surface area contributed by atoms with E-state index in [1.165, 1.54) is 91.0 Å². The number of nitrogens with zero attached hydrogens (tertiary/aromatic N) is 15. The first kappa shape index (κ1) is 119. The summed E-state index contributed by atoms with van der Waals surface area (Å²) >= 11 is 2.87. The first-order chi connectivity index (χ1) is 71.1. The number of alkyl halides is 9. The van der Waals surface area contributed by atoms with Gasteiger partial charge < -0.3 is 79.2 Å². The Hall–Kier alpha value is -12.7. The first-order valence-electron chi connectivity index (χ1n) is 49.0. The molecule has 150 heavy (non-hydrogen) atoms. The Morgan fingerprint density at radius 1 is 0.413 bits per heavy atom. The lowest BCUT2D eigenvalue weighted by Gasteiger charge is -2.25. The number of aliphatic hydroxyl groups excluding tert-OH is 1. The van der Waals surface area contributed by atoms with Crippen LogP contribution in [0.5, 0.6) is 11.5 Å². The third-order valence-electron chi connectivity index (χ3n) is 26.6. The van der Waals surface area contributed by atoms with Crippen LogP contribution in [0.4, 0.5) is 90.4 Å². The molecule has 5 aromatic carbocycles. The number of anilines is 2. The maximum absolute atomic E-state index is 13.4. The van der Waals surface area contributed by atoms with Crippen molar-refractivity contribution in [1.82, 2.24) is 64.4 Å². The van der Waals surface area contributed by atoms with Gasteiger partial charge in [0, 0.05) is 198 Å². The van der Waals surface area contributed by atoms with Gasteiger partial charge in [-0.3, -0.25) is 44.0 Å². The highest BCUT2D eigenvalue weighted by Gasteiger charge is 2.51. The van der Waals surface area contributed by atoms with Gasteiger partial charge >= 0.3 is 42.1 Å². The van der Waals surface area contributed by atoms with Gasteiger partial charge in [0.25, 0.3) is 5.69 Å². The number of nitrogen functional groups attached to an aromatic ring is 1. The van der Waals surface area contributed by atoms with Gasteiger partial charge in [0.2, 0.25) is 17.6 Å². The number of nitro groups is 2. The second kappa shape index (κ2) is 55.9. The van der Waals surface area contributed by atoms with Crippen LogP contribution in [-0.4, -0.2) is 336 Å². The lowest BCUT2D eigenvalue weighted by Crippen LogP contribution is -2.42. The summed E-state index contributed by atoms with van der Waals surface area (Å²) in [5.74, 6) is 0.289. The maximum atomic E-state index is 13.4. The molecule has 8 aromatic rings. The number of halogens is 12. The van der Waals surface area contributed by atoms with E-state index in [4.69, 9.17) is 29.8 Å². The summed E-state index contributed by atoms with van der Waals surface area (Å²) in [7, 11) is 1.00. The van der Waals surface area contributed by atoms with E-state index in [0.29, 0.717) is 157 Å². The van der Waals surface area contributed by atoms with Gasteiger partial charge in [-0.2, -0.15) is 18.1 Å². The van der Waals surface area contributed by atoms with Crippen molar-refractivity contribution in [3.63, 3.8) is 0 Å². The van der Waals surface area contributed by atoms with E-state index >= 15 is 0 Å². The zero-order valence-corrected chi connectivity index (χ0v) is 85.5. The molecule has 4 N–H and O–H groups in total. The number of aromatic nitrogens is 3. The number of nitrogens with two attached hydrogens (primary N) is 1. The molecule has 13 heterocycles. The number of para-hydroxylation sites is 2. The third kappa shape index (κ3) is 34.2. The molecule has 0 spiro atoms. The number of carbonyl (C=O) groups is 7. The highest BCUT2D eigenvalue weighted by atomic mass is 79.9. The Kier molecular flexibility index (Phi) is 44.4. The highest BCUT2D eigenvalue weighted by Crippen LogP contribution is 2.40. The van der Waals surface area contributed by atoms with E-state index in [-0.39, 0.29) is 142 Å². The van der Waals surface area contributed by atoms with Crippen molar-refractivity contribution in [3.8, 4) is 45.3 Å². The fourth-order valence-electron chi connectivity index (χ4n) is 19.7. The molecule has 33 nitrogen and oxygen atoms in total. The number of ether oxygens (including phenoxy) is 4. The number of rotatable bonds is 21. The van der Waals surface area contributed by atoms with Gasteiger partial charge in [0.05, 0.1) is 57.8 Å². The van der Waals surface area contributed by atoms with Crippen LogP contribution in [0.3, 0.4) is 0 Å². The Morgan fingerprint density at radius 2 is 0.707 bits per heavy atom. The minimum absolute atomic E-state index is 0. The Morgan fingerprint density at radius 3 is 1.02 bits per heavy atom. The molecule has 0 radical (unpaired) electrons. The van der Waals surface area contributed by atoms with Crippen molar-refractivity contribution in [2.45, 2.75) is 79.2 Å². The number of carbonyl (C=O) groups excluding carboxylic acids is 7. The number of amides is 7. The lowest BCUT2D eigenvalue weighted by atomic mass is 10.0. The van der Waals surface area contributed by atoms with Gasteiger partial charge in [-0.15, -0.1) is 0 Å². The van der Waals surface area contributed by atoms with Crippen molar-refractivity contribution in [2.24, 2.45) is 59.2 Å². The number of pyridine rings is 3. The van der Waals surface area contributed by atoms with Gasteiger partial charge in [-0.1, -0.05) is 59.8 Å². The highest BCUT2D eigenvalue weighted by molar-refractivity contribution is 9.09. The average Bonchev–Trinajstić information content (AvgIpc) is 1.56. The standard InChI is InChI=1S/C25H16FN3O6.C21H22F2N4O3.C21H24F2N4O.C13H23FN2O2.C11H20N2O2.C10H14F4N2O.C2H4BrF.CH4O.CH4/c26-18-13-11-17(12-14-18)21-15-16-22(29(32)33)23(27-21)28(24(30)34-19-7-3-1-4-8-19)25(31)35-20-9-5-2-6-10-20;22-7-8-25-10-15-12-26(13-16(15)11-25)21(28)9-19-20(27(29)30)6-5-18(24-19)14-1-3-17(23)4-2-14;22-7-8-26-10-15-12-27(13-16(15)11-26)21(28)9-20-18(24)5-6-19(25-20)14-1-3-17(23)4-2-14;1-13(2,3)18-12(17)16-8-10-6-15(5-4-14)7-11(10)9-16;1-11(2,3)15-10(14)13-6-8-4-12-5-9(8)7-13;11-1-2-15-3-7-5-16(6-8(7)4-15)9(17)10(12,13)14;3-1-2-4;1-2;/h1-16H;1-6,15-16H,7-13H2;1-6,15-16H,7-13,24H2;10-11H,4-9H2,1-3H3;8-9,12H,4-7H2,1-3H3;7-8H,1-6H2;1-2H2;2H,1H3;1H4. The Bertz CT molecular complexity index is 5650. The minimum atomic E-state index is -4.78. The molecule has 10 saturated heterocycles. The summed E-state index contributed by atoms with van der Waals surface area (Å²) in [5.41, 5.74) is 8.55. The second-order valence-electron chi connectivity index (χ2n) is 39.5. The van der Waals surface area contributed by atoms with Gasteiger partial charge in [0.15, 0.2) is 0 Å². The van der Waals surface area contributed by atoms with Crippen molar-refractivity contribution in [1.29, 1.82) is 0 Å². The number of likely N-dealkylation sites (tertiary alicyclic amines) is 9. The average molecular weight is 2180 g/mol. The zero-order chi connectivity index (χ0) is 108. The molecule has 45 heteroatoms. The summed E-state index contributed by atoms with van der Waals surface area (Å²) in [6.45, 7) is 25.9. The molecule has 7 amide bonds. The molecule has 816 valence electrons. The molecule has 0 saturated carbocycles. The minimum Gasteiger partial charge on any atom is -0.444 e. The fraction of sp³-hybridized carbons (Fsp3) is 0.505. The number of fused-ring (bicyclic) bond motifs is 5. The van der Waals surface area contributed by atoms with E-state index < -0.39 is 63.7 Å². The smallest absolute Gasteiger partial charge is 0.444 e. The lowest BCUT2D eigenvalue weighted by molar-refractivity contribution is -0.385. The number of nitrogens with one attached hydrogen (secondary N) is 1. The molecule has 0 aliphatic carbocycles. The third-order valence-corrected chi connectivity index (χ3v) is 26.9. The zero-order valence-electron chi connectivity index (χ0n) is 84.0. The van der Waals surface area contributed by atoms with Gasteiger partial charge in [0.1, 0.15) is 72.5 Å². The molecule has 10 unspecified atom stereocenters. The molecule has 10 aliphatic rings. The van der Waals surface area contributed by atoms with Crippen molar-refractivity contribution >= 4 is 80.9 Å². The second-order valence-corrected chi connectivity index (χ2v) is 40.3. The van der Waals surface area contributed by atoms with Crippen molar-refractivity contribution < 1.29 is 116 Å². The summed E-state index contributed by atoms with van der Waals surface area (Å²) in [5, 5.41) is 34.0. The largest absolute Gasteiger partial charge is 0.471 e. The SMILES string of the molecule is C.CC(C)(C)OC(=O)N1CC2CN(CCF)CC2C1.CC(C)(C)OC(=O)N1CC2CNCC2C1.CO.FCCBr.Nc1ccc(-c2ccc(F)cc2)nc1CC(=O)N1CC2CN(CCF)CC2C1.O=C(Cc1nc(-c2ccc(F)cc2)ccc1[N+](=O)[O-])N1CC2CN(CCF)CC2C1.O=C(N1CC2CN(CCF)CC2C1)C(F)(F)F.O=C(Oc1ccccc1)N(C(=O)Oc1ccccc1)c1nc(-c2ccc(F)cc2)ccc1[N+](=O)[O-]. The summed E-state index contributed by atoms with van der Waals surface area (Å²) in [6, 6.07) is 41.3. The summed E-state index contributed by atoms with van der Waals surface area (Å²) < 4.78 is 158. The Labute approximate surface area is 872 Å². The maximum Gasteiger partial charge on any atom is 0.471 e. The van der Waals surface area contributed by atoms with Gasteiger partial charge in [-0.25, -0.2) is 59.9 Å². The monoisotopic (exact) mass is 2170 g/mol. The normalized spacial score (nSPS) is 20.8. The summed E-state index contributed by atoms with van der Waals surface area (Å²) in [4.78, 5) is 138. The number of hydrogen-bond acceptors (Lipinski definition) is 25. The first-order valence-corrected chi connectivity index (χ1v) is 50.1. The molecule has 10 fully saturated rings. The predicted molar refractivity (Wildman–Crippen MR) is 545 cm³/mol. The van der Waals surface area contributed by atoms with Crippen LogP contribution < -0.4 is 25.4 Å². The van der Waals surface area contributed by atoms with Crippen molar-refractivity contribution in [2.75, 3.05) is 214 Å². The predicted octanol–water partition coefficient (Wildman–Crippen LogP) is 16.4. The molecule has 3 aromatic heterocycles. The van der Waals surface area contributed by atoms with Crippen LogP contribution in [-0.2, 0) is 36.7 Å². The molecular weight excluding hydrogens is 2040 g/mol. The molecular formula is C105H131BrF11N17O16. The van der Waals surface area contributed by atoms with E-state index in [1.807, 2.05) is 56.2 Å². The molecule has 0 bridgehead atoms. The van der Waals surface area contributed by atoms with E-state index in [1.54, 1.807) is 82.6 Å². The fourth-order valence-corrected chi connectivity index (χ4v) is 19.7. The van der Waals surface area contributed by atoms with E-state index in [2.05, 4.69) is 50.9 Å². The van der Waals surface area contributed by atoms with Crippen LogP contribution >= 0.6 is 15.9 Å². The van der Waals surface area contributed by atoms with Crippen LogP contribution in [0.15, 0.2) is 170 Å². The van der Waals surface area contributed by atoms with Crippen molar-refractivity contribution in [3.05, 3.63) is 219 Å². The summed E-state index contributed by atoms with van der Waals surface area (Å²) in [6.07, 6.45) is -7.72. The quantitative estimate of drug-likeness (QED) is 0.0260. The van der Waals surface area contributed by atoms with Crippen LogP contribution in [0.1, 0.15) is 60.4 Å². The topological polar surface area (TPSA) is 372 Å². The molecule has 18 rings (SSSR count). The number of benzene rings is 5. The number of hydrogen-bond donors (Lipinski definition) is 3. The molecule has 10 aliphatic heterocycles. The Balaban J connectivity index is 0.000000186. The van der Waals surface area contributed by atoms with Crippen LogP contribution in [0, 0.1) is 96.9 Å². The van der Waals surface area contributed by atoms with Crippen LogP contribution in [0.25, 0.3) is 33.8 Å². The van der Waals surface area contributed by atoms with Gasteiger partial charge in [-0.05, 0) is 222 Å². The van der Waals surface area contributed by atoms with E-state index in [9.17, 15) is 102 Å². The number of imide groups is 1. The number of aliphatic hydroxyl groups is 1. The van der Waals surface area contributed by atoms with E-state index in [0.717, 1.165) is 102 Å². The molecule has 10 atom stereocenters. The van der Waals surface area contributed by atoms with Crippen LogP contribution in [0.2, 0.25) is 0 Å².